The van der Waals surface area contributed by atoms with Crippen LogP contribution in [0.25, 0.3) is 0 Å². The fourth-order valence-electron chi connectivity index (χ4n) is 3.01. The first-order valence-electron chi connectivity index (χ1n) is 6.31. The molecule has 2 unspecified atom stereocenters. The van der Waals surface area contributed by atoms with Crippen molar-refractivity contribution in [1.29, 1.82) is 0 Å². The third-order valence-electron chi connectivity index (χ3n) is 4.08. The number of hydrogen-bond acceptors (Lipinski definition) is 0. The monoisotopic (exact) mass is 462 g/mol. The van der Waals surface area contributed by atoms with Crippen molar-refractivity contribution in [2.45, 2.75) is 47.8 Å². The Hall–Kier alpha value is 0.803. The molecule has 0 bridgehead atoms. The Bertz CT molecular complexity index is 441. The molecule has 0 fully saturated rings. The summed E-state index contributed by atoms with van der Waals surface area (Å²) in [4.78, 5) is 0. The van der Waals surface area contributed by atoms with Gasteiger partial charge in [-0.25, -0.2) is 0 Å². The van der Waals surface area contributed by atoms with Crippen molar-refractivity contribution in [3.05, 3.63) is 46.6 Å². The van der Waals surface area contributed by atoms with Gasteiger partial charge in [-0.1, -0.05) is 0 Å². The molecule has 3 heteroatoms. The van der Waals surface area contributed by atoms with E-state index in [1.165, 1.54) is 11.1 Å². The van der Waals surface area contributed by atoms with Gasteiger partial charge in [-0.3, -0.25) is 0 Å². The minimum absolute atomic E-state index is 0. The number of allylic oxidation sites excluding steroid dienone is 8. The molecule has 0 saturated heterocycles. The molecule has 0 spiro atoms. The molecule has 2 aliphatic carbocycles. The second kappa shape index (κ2) is 6.71. The van der Waals surface area contributed by atoms with Gasteiger partial charge in [0.1, 0.15) is 0 Å². The molecule has 0 aromatic heterocycles. The Morgan fingerprint density at radius 2 is 1.05 bits per heavy atom. The first-order chi connectivity index (χ1) is 7.75. The van der Waals surface area contributed by atoms with E-state index in [0.29, 0.717) is 6.25 Å². The van der Waals surface area contributed by atoms with Crippen LogP contribution in [0, 0.1) is 0 Å². The second-order valence-corrected chi connectivity index (χ2v) is 11.7. The zero-order chi connectivity index (χ0) is 12.8. The number of rotatable bonds is 2. The Morgan fingerprint density at radius 1 is 0.737 bits per heavy atom. The van der Waals surface area contributed by atoms with Gasteiger partial charge in [0.15, 0.2) is 0 Å². The zero-order valence-electron chi connectivity index (χ0n) is 12.6. The molecular weight excluding hydrogens is 443 g/mol. The summed E-state index contributed by atoms with van der Waals surface area (Å²) in [6, 6.07) is 0. The second-order valence-electron chi connectivity index (χ2n) is 5.96. The Morgan fingerprint density at radius 3 is 1.26 bits per heavy atom. The van der Waals surface area contributed by atoms with Gasteiger partial charge in [-0.05, 0) is 0 Å². The molecule has 0 aromatic rings. The molecule has 0 radical (unpaired) electrons. The number of hydrogen-bond donors (Lipinski definition) is 0. The summed E-state index contributed by atoms with van der Waals surface area (Å²) in [5, 5.41) is 0. The Balaban J connectivity index is 0.00000162. The van der Waals surface area contributed by atoms with Crippen LogP contribution in [0.5, 0.6) is 0 Å². The van der Waals surface area contributed by atoms with Crippen molar-refractivity contribution in [3.8, 4) is 0 Å². The van der Waals surface area contributed by atoms with E-state index in [9.17, 15) is 0 Å². The van der Waals surface area contributed by atoms with Crippen LogP contribution in [0.4, 0.5) is 0 Å². The summed E-state index contributed by atoms with van der Waals surface area (Å²) >= 11 is -0.603. The van der Waals surface area contributed by atoms with E-state index >= 15 is 0 Å². The molecule has 0 N–H and O–H groups in total. The molecule has 104 valence electrons. The molecule has 2 atom stereocenters. The van der Waals surface area contributed by atoms with E-state index in [4.69, 9.17) is 0 Å². The summed E-state index contributed by atoms with van der Waals surface area (Å²) in [5.41, 5.74) is 6.06. The molecule has 0 heterocycles. The number of halogens is 2. The molecule has 0 aliphatic heterocycles. The van der Waals surface area contributed by atoms with E-state index in [1.54, 1.807) is 11.1 Å². The molecular formula is C16H22Br2Zr. The first kappa shape index (κ1) is 19.8. The van der Waals surface area contributed by atoms with Crippen LogP contribution in [0.2, 0.25) is 6.25 Å². The zero-order valence-corrected chi connectivity index (χ0v) is 18.2. The van der Waals surface area contributed by atoms with Crippen molar-refractivity contribution < 1.29 is 57.2 Å². The van der Waals surface area contributed by atoms with Gasteiger partial charge in [0, 0.05) is 0 Å². The molecule has 2 aliphatic rings. The van der Waals surface area contributed by atoms with E-state index < -0.39 is 23.2 Å². The maximum atomic E-state index is 2.51. The van der Waals surface area contributed by atoms with Crippen LogP contribution in [0.1, 0.15) is 41.5 Å². The maximum Gasteiger partial charge on any atom is -1.00 e. The minimum atomic E-state index is -0.603. The summed E-state index contributed by atoms with van der Waals surface area (Å²) < 4.78 is 0.802. The van der Waals surface area contributed by atoms with E-state index in [1.807, 2.05) is 0 Å². The van der Waals surface area contributed by atoms with Crippen molar-refractivity contribution >= 4 is 0 Å². The van der Waals surface area contributed by atoms with Crippen molar-refractivity contribution in [2.24, 2.45) is 0 Å². The van der Waals surface area contributed by atoms with Crippen molar-refractivity contribution in [2.75, 3.05) is 0 Å². The third kappa shape index (κ3) is 3.92. The van der Waals surface area contributed by atoms with Crippen LogP contribution in [-0.2, 0) is 23.2 Å². The Kier molecular flexibility index (Phi) is 6.99. The van der Waals surface area contributed by atoms with Gasteiger partial charge in [-0.15, -0.1) is 0 Å². The predicted molar refractivity (Wildman–Crippen MR) is 71.8 cm³/mol. The van der Waals surface area contributed by atoms with Gasteiger partial charge in [-0.2, -0.15) is 0 Å². The summed E-state index contributed by atoms with van der Waals surface area (Å²) in [7, 11) is 0. The van der Waals surface area contributed by atoms with Crippen LogP contribution >= 0.6 is 0 Å². The fraction of sp³-hybridized carbons (Fsp3) is 0.500. The standard InChI is InChI=1S/2C8H11.2BrH.Zr/c2*1-6-4-7(2)8(3)5-6;;;/h2*4-5H,1-3H3;2*1H;/q;;;;+2/p-2. The van der Waals surface area contributed by atoms with Crippen molar-refractivity contribution in [1.82, 2.24) is 0 Å². The first-order valence-corrected chi connectivity index (χ1v) is 8.77. The van der Waals surface area contributed by atoms with Gasteiger partial charge >= 0.3 is 118 Å². The third-order valence-corrected chi connectivity index (χ3v) is 9.28. The molecule has 0 saturated carbocycles. The van der Waals surface area contributed by atoms with E-state index in [2.05, 4.69) is 65.8 Å². The summed E-state index contributed by atoms with van der Waals surface area (Å²) in [6.07, 6.45) is 9.76. The molecule has 0 aromatic carbocycles. The maximum absolute atomic E-state index is 2.51. The fourth-order valence-corrected chi connectivity index (χ4v) is 8.46. The molecule has 0 amide bonds. The molecule has 19 heavy (non-hydrogen) atoms. The van der Waals surface area contributed by atoms with E-state index in [0.717, 1.165) is 0 Å². The van der Waals surface area contributed by atoms with Gasteiger partial charge in [0.2, 0.25) is 0 Å². The Labute approximate surface area is 150 Å². The molecule has 2 rings (SSSR count). The largest absolute Gasteiger partial charge is 1.00 e. The normalized spacial score (nSPS) is 32.3. The van der Waals surface area contributed by atoms with Gasteiger partial charge in [0.05, 0.1) is 0 Å². The van der Waals surface area contributed by atoms with Crippen molar-refractivity contribution in [3.63, 3.8) is 0 Å². The smallest absolute Gasteiger partial charge is 1.00 e. The van der Waals surface area contributed by atoms with E-state index in [-0.39, 0.29) is 34.0 Å². The predicted octanol–water partition coefficient (Wildman–Crippen LogP) is -0.753. The van der Waals surface area contributed by atoms with Gasteiger partial charge in [0.25, 0.3) is 0 Å². The SMILES string of the molecule is CC1=C[C](C)([Zr+2][C]2(C)C=C(C)C=C2C)C(C)=C1.[Br-].[Br-]. The summed E-state index contributed by atoms with van der Waals surface area (Å²) in [6.45, 7) is 14.0. The topological polar surface area (TPSA) is 0 Å². The van der Waals surface area contributed by atoms with Crippen LogP contribution in [-0.4, -0.2) is 0 Å². The average molecular weight is 465 g/mol. The summed E-state index contributed by atoms with van der Waals surface area (Å²) in [5.74, 6) is 0. The van der Waals surface area contributed by atoms with Crippen LogP contribution < -0.4 is 34.0 Å². The van der Waals surface area contributed by atoms with Crippen LogP contribution in [0.15, 0.2) is 46.6 Å². The molecule has 0 nitrogen and oxygen atoms in total. The average Bonchev–Trinajstić information content (AvgIpc) is 2.51. The van der Waals surface area contributed by atoms with Crippen LogP contribution in [0.3, 0.4) is 0 Å². The minimum Gasteiger partial charge on any atom is -1.00 e. The quantitative estimate of drug-likeness (QED) is 0.504. The van der Waals surface area contributed by atoms with Gasteiger partial charge < -0.3 is 34.0 Å².